The quantitative estimate of drug-likeness (QED) is 0.821. The molecule has 1 aromatic carbocycles. The number of aryl methyl sites for hydroxylation is 1. The smallest absolute Gasteiger partial charge is 0.322 e. The van der Waals surface area contributed by atoms with Gasteiger partial charge in [0.15, 0.2) is 0 Å². The van der Waals surface area contributed by atoms with E-state index in [0.717, 1.165) is 10.0 Å². The summed E-state index contributed by atoms with van der Waals surface area (Å²) in [4.78, 5) is 13.5. The van der Waals surface area contributed by atoms with Gasteiger partial charge in [0.05, 0.1) is 12.3 Å². The number of rotatable bonds is 5. The number of amides is 2. The van der Waals surface area contributed by atoms with Gasteiger partial charge in [0.25, 0.3) is 0 Å². The van der Waals surface area contributed by atoms with Gasteiger partial charge in [-0.05, 0) is 40.5 Å². The normalized spacial score (nSPS) is 9.94. The van der Waals surface area contributed by atoms with Crippen molar-refractivity contribution in [2.75, 3.05) is 25.0 Å². The highest BCUT2D eigenvalue weighted by Crippen LogP contribution is 2.23. The van der Waals surface area contributed by atoms with Gasteiger partial charge in [0.2, 0.25) is 0 Å². The van der Waals surface area contributed by atoms with E-state index < -0.39 is 0 Å². The highest BCUT2D eigenvalue weighted by atomic mass is 79.9. The second-order valence-electron chi connectivity index (χ2n) is 3.87. The Morgan fingerprint density at radius 1 is 1.61 bits per heavy atom. The summed E-state index contributed by atoms with van der Waals surface area (Å²) >= 11 is 3.38. The Balaban J connectivity index is 2.78. The van der Waals surface area contributed by atoms with Crippen LogP contribution in [0.1, 0.15) is 5.56 Å². The largest absolute Gasteiger partial charge is 0.395 e. The number of halogens is 1. The first-order valence-electron chi connectivity index (χ1n) is 5.62. The van der Waals surface area contributed by atoms with Gasteiger partial charge in [-0.3, -0.25) is 0 Å². The Hall–Kier alpha value is -1.33. The lowest BCUT2D eigenvalue weighted by Crippen LogP contribution is -2.37. The van der Waals surface area contributed by atoms with Crippen LogP contribution in [0, 0.1) is 6.92 Å². The van der Waals surface area contributed by atoms with Gasteiger partial charge in [-0.25, -0.2) is 4.79 Å². The standard InChI is InChI=1S/C13H17BrN2O2/c1-3-6-16(7-8-17)13(18)15-12-9-10(2)4-5-11(12)14/h3-5,9,17H,1,6-8H2,2H3,(H,15,18). The number of carbonyl (C=O) groups excluding carboxylic acids is 1. The first kappa shape index (κ1) is 14.7. The van der Waals surface area contributed by atoms with Gasteiger partial charge in [-0.15, -0.1) is 6.58 Å². The third-order valence-corrected chi connectivity index (χ3v) is 3.06. The predicted molar refractivity (Wildman–Crippen MR) is 76.8 cm³/mol. The number of benzene rings is 1. The Labute approximate surface area is 115 Å². The van der Waals surface area contributed by atoms with E-state index in [2.05, 4.69) is 27.8 Å². The second-order valence-corrected chi connectivity index (χ2v) is 4.73. The van der Waals surface area contributed by atoms with Crippen LogP contribution in [0.4, 0.5) is 10.5 Å². The molecule has 0 heterocycles. The molecule has 98 valence electrons. The summed E-state index contributed by atoms with van der Waals surface area (Å²) in [7, 11) is 0. The molecule has 0 unspecified atom stereocenters. The number of carbonyl (C=O) groups is 1. The molecule has 0 fully saturated rings. The highest BCUT2D eigenvalue weighted by molar-refractivity contribution is 9.10. The van der Waals surface area contributed by atoms with Crippen LogP contribution in [-0.4, -0.2) is 35.7 Å². The van der Waals surface area contributed by atoms with Gasteiger partial charge < -0.3 is 15.3 Å². The van der Waals surface area contributed by atoms with Crippen LogP contribution in [0.15, 0.2) is 35.3 Å². The van der Waals surface area contributed by atoms with E-state index in [1.165, 1.54) is 4.90 Å². The van der Waals surface area contributed by atoms with E-state index in [1.807, 2.05) is 25.1 Å². The topological polar surface area (TPSA) is 52.6 Å². The average molecular weight is 313 g/mol. The van der Waals surface area contributed by atoms with Crippen LogP contribution in [0.3, 0.4) is 0 Å². The van der Waals surface area contributed by atoms with Crippen LogP contribution in [0.5, 0.6) is 0 Å². The maximum absolute atomic E-state index is 12.0. The van der Waals surface area contributed by atoms with Crippen molar-refractivity contribution in [3.05, 3.63) is 40.9 Å². The van der Waals surface area contributed by atoms with Gasteiger partial charge in [-0.1, -0.05) is 12.1 Å². The van der Waals surface area contributed by atoms with Crippen LogP contribution < -0.4 is 5.32 Å². The molecule has 0 saturated heterocycles. The molecule has 18 heavy (non-hydrogen) atoms. The van der Waals surface area contributed by atoms with Crippen molar-refractivity contribution in [3.8, 4) is 0 Å². The zero-order valence-corrected chi connectivity index (χ0v) is 11.9. The SMILES string of the molecule is C=CCN(CCO)C(=O)Nc1cc(C)ccc1Br. The number of aliphatic hydroxyl groups is 1. The van der Waals surface area contributed by atoms with Crippen LogP contribution in [0.25, 0.3) is 0 Å². The summed E-state index contributed by atoms with van der Waals surface area (Å²) in [6.45, 7) is 6.15. The van der Waals surface area contributed by atoms with Crippen molar-refractivity contribution in [1.29, 1.82) is 0 Å². The molecule has 0 aliphatic heterocycles. The molecular formula is C13H17BrN2O2. The number of nitrogens with one attached hydrogen (secondary N) is 1. The van der Waals surface area contributed by atoms with Crippen molar-refractivity contribution in [2.24, 2.45) is 0 Å². The lowest BCUT2D eigenvalue weighted by molar-refractivity contribution is 0.195. The van der Waals surface area contributed by atoms with E-state index in [9.17, 15) is 4.79 Å². The summed E-state index contributed by atoms with van der Waals surface area (Å²) in [5.74, 6) is 0. The fourth-order valence-corrected chi connectivity index (χ4v) is 1.83. The van der Waals surface area contributed by atoms with Gasteiger partial charge in [0.1, 0.15) is 0 Å². The minimum Gasteiger partial charge on any atom is -0.395 e. The van der Waals surface area contributed by atoms with Gasteiger partial charge in [0, 0.05) is 17.6 Å². The molecule has 0 radical (unpaired) electrons. The fraction of sp³-hybridized carbons (Fsp3) is 0.308. The van der Waals surface area contributed by atoms with E-state index >= 15 is 0 Å². The molecule has 0 spiro atoms. The molecule has 4 nitrogen and oxygen atoms in total. The molecule has 5 heteroatoms. The molecule has 1 aromatic rings. The zero-order chi connectivity index (χ0) is 13.5. The summed E-state index contributed by atoms with van der Waals surface area (Å²) in [5, 5.41) is 11.7. The molecule has 0 bridgehead atoms. The predicted octanol–water partition coefficient (Wildman–Crippen LogP) is 2.77. The Morgan fingerprint density at radius 3 is 2.94 bits per heavy atom. The van der Waals surface area contributed by atoms with Gasteiger partial charge in [-0.2, -0.15) is 0 Å². The summed E-state index contributed by atoms with van der Waals surface area (Å²) in [5.41, 5.74) is 1.78. The lowest BCUT2D eigenvalue weighted by Gasteiger charge is -2.21. The lowest BCUT2D eigenvalue weighted by atomic mass is 10.2. The third-order valence-electron chi connectivity index (χ3n) is 2.37. The molecule has 0 atom stereocenters. The fourth-order valence-electron chi connectivity index (χ4n) is 1.48. The summed E-state index contributed by atoms with van der Waals surface area (Å²) < 4.78 is 0.823. The molecule has 0 aliphatic rings. The molecule has 1 rings (SSSR count). The molecule has 0 saturated carbocycles. The van der Waals surface area contributed by atoms with Crippen molar-refractivity contribution in [2.45, 2.75) is 6.92 Å². The summed E-state index contributed by atoms with van der Waals surface area (Å²) in [6.07, 6.45) is 1.63. The molecule has 0 aliphatic carbocycles. The monoisotopic (exact) mass is 312 g/mol. The van der Waals surface area contributed by atoms with E-state index in [4.69, 9.17) is 5.11 Å². The third kappa shape index (κ3) is 4.16. The zero-order valence-electron chi connectivity index (χ0n) is 10.3. The Bertz CT molecular complexity index is 435. The number of hydrogen-bond acceptors (Lipinski definition) is 2. The number of anilines is 1. The van der Waals surface area contributed by atoms with E-state index in [-0.39, 0.29) is 19.2 Å². The van der Waals surface area contributed by atoms with Gasteiger partial charge >= 0.3 is 6.03 Å². The Kier molecular flexibility index (Phi) is 5.88. The second kappa shape index (κ2) is 7.18. The summed E-state index contributed by atoms with van der Waals surface area (Å²) in [6, 6.07) is 5.46. The molecular weight excluding hydrogens is 296 g/mol. The highest BCUT2D eigenvalue weighted by Gasteiger charge is 2.12. The van der Waals surface area contributed by atoms with Crippen LogP contribution in [-0.2, 0) is 0 Å². The average Bonchev–Trinajstić information content (AvgIpc) is 2.33. The number of urea groups is 1. The van der Waals surface area contributed by atoms with Crippen molar-refractivity contribution < 1.29 is 9.90 Å². The van der Waals surface area contributed by atoms with Crippen LogP contribution in [0.2, 0.25) is 0 Å². The number of hydrogen-bond donors (Lipinski definition) is 2. The van der Waals surface area contributed by atoms with E-state index in [0.29, 0.717) is 12.2 Å². The number of nitrogens with zero attached hydrogens (tertiary/aromatic N) is 1. The minimum absolute atomic E-state index is 0.0732. The van der Waals surface area contributed by atoms with Crippen molar-refractivity contribution >= 4 is 27.6 Å². The molecule has 2 N–H and O–H groups in total. The first-order chi connectivity index (χ1) is 8.58. The van der Waals surface area contributed by atoms with Crippen molar-refractivity contribution in [3.63, 3.8) is 0 Å². The maximum atomic E-state index is 12.0. The van der Waals surface area contributed by atoms with Crippen LogP contribution >= 0.6 is 15.9 Å². The van der Waals surface area contributed by atoms with E-state index in [1.54, 1.807) is 6.08 Å². The minimum atomic E-state index is -0.254. The maximum Gasteiger partial charge on any atom is 0.322 e. The van der Waals surface area contributed by atoms with Crippen molar-refractivity contribution in [1.82, 2.24) is 4.90 Å². The number of aliphatic hydroxyl groups excluding tert-OH is 1. The molecule has 0 aromatic heterocycles. The Morgan fingerprint density at radius 2 is 2.33 bits per heavy atom. The first-order valence-corrected chi connectivity index (χ1v) is 6.41. The molecule has 2 amide bonds.